The van der Waals surface area contributed by atoms with Crippen LogP contribution in [0.25, 0.3) is 11.3 Å². The zero-order valence-corrected chi connectivity index (χ0v) is 15.9. The van der Waals surface area contributed by atoms with Gasteiger partial charge in [0.25, 0.3) is 0 Å². The fraction of sp³-hybridized carbons (Fsp3) is 0.273. The first-order chi connectivity index (χ1) is 14.1. The first-order valence-electron chi connectivity index (χ1n) is 9.82. The predicted molar refractivity (Wildman–Crippen MR) is 110 cm³/mol. The quantitative estimate of drug-likeness (QED) is 0.638. The van der Waals surface area contributed by atoms with E-state index in [1.807, 2.05) is 30.5 Å². The van der Waals surface area contributed by atoms with Crippen molar-refractivity contribution in [3.05, 3.63) is 66.1 Å². The van der Waals surface area contributed by atoms with Gasteiger partial charge in [-0.15, -0.1) is 0 Å². The number of nitrogens with zero attached hydrogens (tertiary/aromatic N) is 2. The first-order valence-corrected chi connectivity index (χ1v) is 9.82. The Kier molecular flexibility index (Phi) is 4.32. The van der Waals surface area contributed by atoms with Gasteiger partial charge in [0, 0.05) is 30.8 Å². The molecule has 3 heterocycles. The van der Waals surface area contributed by atoms with Crippen LogP contribution in [0, 0.1) is 5.82 Å². The van der Waals surface area contributed by atoms with Gasteiger partial charge in [0.1, 0.15) is 11.4 Å². The standard InChI is InChI=1S/C22H22FN5O/c23-17-7-5-15(6-8-17)20-16(13-24-27-20)14-28-11-9-22(10-12-28)21(29)25-18-3-1-2-4-19(18)26-22/h1-8,13,26H,9-12,14H2,(H,24,27)(H,25,29). The number of rotatable bonds is 3. The molecule has 148 valence electrons. The number of hydrogen-bond donors (Lipinski definition) is 3. The normalized spacial score (nSPS) is 18.2. The molecule has 2 aliphatic heterocycles. The fourth-order valence-corrected chi connectivity index (χ4v) is 4.24. The number of amides is 1. The van der Waals surface area contributed by atoms with E-state index in [0.29, 0.717) is 0 Å². The van der Waals surface area contributed by atoms with E-state index in [2.05, 4.69) is 25.7 Å². The molecule has 6 nitrogen and oxygen atoms in total. The molecule has 5 rings (SSSR count). The second kappa shape index (κ2) is 7.00. The van der Waals surface area contributed by atoms with Gasteiger partial charge in [-0.05, 0) is 49.2 Å². The van der Waals surface area contributed by atoms with Crippen LogP contribution in [0.15, 0.2) is 54.7 Å². The van der Waals surface area contributed by atoms with E-state index in [0.717, 1.165) is 60.7 Å². The van der Waals surface area contributed by atoms with Gasteiger partial charge in [0.05, 0.1) is 23.3 Å². The Morgan fingerprint density at radius 1 is 1.03 bits per heavy atom. The Morgan fingerprint density at radius 3 is 2.52 bits per heavy atom. The maximum absolute atomic E-state index is 13.2. The van der Waals surface area contributed by atoms with Gasteiger partial charge < -0.3 is 10.6 Å². The van der Waals surface area contributed by atoms with Crippen molar-refractivity contribution in [3.8, 4) is 11.3 Å². The van der Waals surface area contributed by atoms with Crippen molar-refractivity contribution in [2.75, 3.05) is 23.7 Å². The van der Waals surface area contributed by atoms with Crippen molar-refractivity contribution in [2.24, 2.45) is 0 Å². The summed E-state index contributed by atoms with van der Waals surface area (Å²) in [5, 5.41) is 13.8. The van der Waals surface area contributed by atoms with E-state index in [1.165, 1.54) is 12.1 Å². The second-order valence-corrected chi connectivity index (χ2v) is 7.76. The summed E-state index contributed by atoms with van der Waals surface area (Å²) in [6, 6.07) is 14.2. The number of fused-ring (bicyclic) bond motifs is 1. The minimum Gasteiger partial charge on any atom is -0.369 e. The highest BCUT2D eigenvalue weighted by atomic mass is 19.1. The number of aromatic amines is 1. The van der Waals surface area contributed by atoms with Crippen LogP contribution in [0.5, 0.6) is 0 Å². The number of carbonyl (C=O) groups excluding carboxylic acids is 1. The Bertz CT molecular complexity index is 1040. The highest BCUT2D eigenvalue weighted by molar-refractivity contribution is 6.06. The highest BCUT2D eigenvalue weighted by Crippen LogP contribution is 2.36. The number of hydrogen-bond acceptors (Lipinski definition) is 4. The van der Waals surface area contributed by atoms with Gasteiger partial charge in [-0.2, -0.15) is 5.10 Å². The molecule has 0 aliphatic carbocycles. The summed E-state index contributed by atoms with van der Waals surface area (Å²) in [5.74, 6) is -0.206. The predicted octanol–water partition coefficient (Wildman–Crippen LogP) is 3.61. The maximum Gasteiger partial charge on any atom is 0.250 e. The molecule has 7 heteroatoms. The van der Waals surface area contributed by atoms with Crippen molar-refractivity contribution in [1.29, 1.82) is 0 Å². The summed E-state index contributed by atoms with van der Waals surface area (Å²) in [6.07, 6.45) is 3.29. The van der Waals surface area contributed by atoms with Gasteiger partial charge in [-0.1, -0.05) is 12.1 Å². The van der Waals surface area contributed by atoms with Crippen molar-refractivity contribution in [1.82, 2.24) is 15.1 Å². The number of aromatic nitrogens is 2. The lowest BCUT2D eigenvalue weighted by molar-refractivity contribution is -0.122. The minimum absolute atomic E-state index is 0.0474. The molecule has 1 fully saturated rings. The van der Waals surface area contributed by atoms with E-state index in [1.54, 1.807) is 12.1 Å². The number of nitrogens with one attached hydrogen (secondary N) is 3. The number of benzene rings is 2. The molecule has 3 aromatic rings. The third-order valence-electron chi connectivity index (χ3n) is 5.94. The maximum atomic E-state index is 13.2. The Morgan fingerprint density at radius 2 is 1.76 bits per heavy atom. The van der Waals surface area contributed by atoms with Crippen LogP contribution in [0.2, 0.25) is 0 Å². The molecule has 0 unspecified atom stereocenters. The number of likely N-dealkylation sites (tertiary alicyclic amines) is 1. The highest BCUT2D eigenvalue weighted by Gasteiger charge is 2.44. The van der Waals surface area contributed by atoms with Crippen LogP contribution >= 0.6 is 0 Å². The minimum atomic E-state index is -0.555. The molecular weight excluding hydrogens is 369 g/mol. The molecule has 29 heavy (non-hydrogen) atoms. The van der Waals surface area contributed by atoms with Gasteiger partial charge in [-0.3, -0.25) is 14.8 Å². The first kappa shape index (κ1) is 17.9. The molecule has 1 aromatic heterocycles. The van der Waals surface area contributed by atoms with Crippen LogP contribution < -0.4 is 10.6 Å². The Hall–Kier alpha value is -3.19. The Balaban J connectivity index is 1.28. The number of piperidine rings is 1. The molecular formula is C22H22FN5O. The summed E-state index contributed by atoms with van der Waals surface area (Å²) >= 11 is 0. The number of para-hydroxylation sites is 2. The molecule has 2 aromatic carbocycles. The molecule has 1 amide bonds. The van der Waals surface area contributed by atoms with Crippen LogP contribution in [-0.4, -0.2) is 39.6 Å². The van der Waals surface area contributed by atoms with Crippen molar-refractivity contribution < 1.29 is 9.18 Å². The smallest absolute Gasteiger partial charge is 0.250 e. The summed E-state index contributed by atoms with van der Waals surface area (Å²) in [6.45, 7) is 2.34. The number of halogens is 1. The summed E-state index contributed by atoms with van der Waals surface area (Å²) in [7, 11) is 0. The third-order valence-corrected chi connectivity index (χ3v) is 5.94. The zero-order chi connectivity index (χ0) is 19.8. The van der Waals surface area contributed by atoms with Crippen LogP contribution in [0.1, 0.15) is 18.4 Å². The van der Waals surface area contributed by atoms with E-state index >= 15 is 0 Å². The lowest BCUT2D eigenvalue weighted by atomic mass is 9.84. The summed E-state index contributed by atoms with van der Waals surface area (Å²) in [5.41, 5.74) is 4.16. The van der Waals surface area contributed by atoms with E-state index in [9.17, 15) is 9.18 Å². The third kappa shape index (κ3) is 3.27. The molecule has 0 radical (unpaired) electrons. The zero-order valence-electron chi connectivity index (χ0n) is 15.9. The lowest BCUT2D eigenvalue weighted by Crippen LogP contribution is -2.58. The van der Waals surface area contributed by atoms with Crippen LogP contribution in [0.4, 0.5) is 15.8 Å². The number of anilines is 2. The number of H-pyrrole nitrogens is 1. The van der Waals surface area contributed by atoms with Crippen LogP contribution in [-0.2, 0) is 11.3 Å². The van der Waals surface area contributed by atoms with Gasteiger partial charge in [0.15, 0.2) is 0 Å². The SMILES string of the molecule is O=C1Nc2ccccc2NC12CCN(Cc1cn[nH]c1-c1ccc(F)cc1)CC2. The Labute approximate surface area is 168 Å². The van der Waals surface area contributed by atoms with E-state index in [-0.39, 0.29) is 11.7 Å². The number of carbonyl (C=O) groups is 1. The molecule has 0 bridgehead atoms. The van der Waals surface area contributed by atoms with E-state index < -0.39 is 5.54 Å². The second-order valence-electron chi connectivity index (χ2n) is 7.76. The van der Waals surface area contributed by atoms with Crippen LogP contribution in [0.3, 0.4) is 0 Å². The molecule has 2 aliphatic rings. The molecule has 3 N–H and O–H groups in total. The largest absolute Gasteiger partial charge is 0.369 e. The van der Waals surface area contributed by atoms with Crippen molar-refractivity contribution >= 4 is 17.3 Å². The lowest BCUT2D eigenvalue weighted by Gasteiger charge is -2.44. The van der Waals surface area contributed by atoms with Gasteiger partial charge in [-0.25, -0.2) is 4.39 Å². The molecule has 0 atom stereocenters. The molecule has 0 saturated carbocycles. The van der Waals surface area contributed by atoms with Gasteiger partial charge >= 0.3 is 0 Å². The average molecular weight is 391 g/mol. The molecule has 1 spiro atoms. The van der Waals surface area contributed by atoms with Crippen molar-refractivity contribution in [2.45, 2.75) is 24.9 Å². The monoisotopic (exact) mass is 391 g/mol. The summed E-state index contributed by atoms with van der Waals surface area (Å²) in [4.78, 5) is 15.1. The topological polar surface area (TPSA) is 73.1 Å². The molecule has 1 saturated heterocycles. The average Bonchev–Trinajstić information content (AvgIpc) is 3.19. The van der Waals surface area contributed by atoms with Crippen molar-refractivity contribution in [3.63, 3.8) is 0 Å². The van der Waals surface area contributed by atoms with E-state index in [4.69, 9.17) is 0 Å². The summed E-state index contributed by atoms with van der Waals surface area (Å²) < 4.78 is 13.2. The fourth-order valence-electron chi connectivity index (χ4n) is 4.24. The van der Waals surface area contributed by atoms with Gasteiger partial charge in [0.2, 0.25) is 5.91 Å².